The summed E-state index contributed by atoms with van der Waals surface area (Å²) < 4.78 is 56.6. The molecule has 2 heterocycles. The van der Waals surface area contributed by atoms with Gasteiger partial charge in [-0.3, -0.25) is 14.2 Å². The first-order valence-electron chi connectivity index (χ1n) is 12.4. The fraction of sp³-hybridized carbons (Fsp3) is 0.462. The van der Waals surface area contributed by atoms with Crippen LogP contribution in [0.1, 0.15) is 48.2 Å². The van der Waals surface area contributed by atoms with Gasteiger partial charge >= 0.3 is 6.18 Å². The number of aliphatic imine (C=N–C) groups is 1. The number of carbonyl (C=O) groups is 1. The van der Waals surface area contributed by atoms with E-state index in [1.54, 1.807) is 13.8 Å². The number of hydrogen-bond acceptors (Lipinski definition) is 8. The molecule has 0 unspecified atom stereocenters. The number of fused-ring (bicyclic) bond motifs is 2. The van der Waals surface area contributed by atoms with Crippen LogP contribution >= 0.6 is 0 Å². The van der Waals surface area contributed by atoms with E-state index in [1.807, 2.05) is 17.4 Å². The molecule has 1 aromatic carbocycles. The summed E-state index contributed by atoms with van der Waals surface area (Å²) in [6.45, 7) is 5.91. The lowest BCUT2D eigenvalue weighted by Crippen LogP contribution is -2.34. The number of aromatic nitrogens is 2. The zero-order valence-corrected chi connectivity index (χ0v) is 21.7. The Labute approximate surface area is 223 Å². The smallest absolute Gasteiger partial charge is 0.405 e. The van der Waals surface area contributed by atoms with E-state index in [1.165, 1.54) is 17.4 Å². The summed E-state index contributed by atoms with van der Waals surface area (Å²) >= 11 is 0. The Morgan fingerprint density at radius 1 is 1.31 bits per heavy atom. The summed E-state index contributed by atoms with van der Waals surface area (Å²) in [4.78, 5) is 24.7. The van der Waals surface area contributed by atoms with Gasteiger partial charge in [0.2, 0.25) is 5.95 Å². The van der Waals surface area contributed by atoms with Crippen molar-refractivity contribution in [3.8, 4) is 0 Å². The van der Waals surface area contributed by atoms with Crippen LogP contribution in [0, 0.1) is 5.41 Å². The minimum atomic E-state index is -4.59. The van der Waals surface area contributed by atoms with Crippen LogP contribution < -0.4 is 21.3 Å². The number of benzene rings is 1. The molecule has 1 saturated carbocycles. The van der Waals surface area contributed by atoms with Crippen molar-refractivity contribution in [2.45, 2.75) is 44.8 Å². The summed E-state index contributed by atoms with van der Waals surface area (Å²) in [7, 11) is 0. The van der Waals surface area contributed by atoms with Crippen molar-refractivity contribution in [3.05, 3.63) is 53.0 Å². The molecule has 2 aromatic rings. The van der Waals surface area contributed by atoms with Crippen molar-refractivity contribution in [2.75, 3.05) is 37.1 Å². The quantitative estimate of drug-likeness (QED) is 0.107. The number of carbonyl (C=O) groups excluding carboxylic acids is 1. The fourth-order valence-electron chi connectivity index (χ4n) is 4.32. The van der Waals surface area contributed by atoms with E-state index in [9.17, 15) is 22.4 Å². The monoisotopic (exact) mass is 549 g/mol. The van der Waals surface area contributed by atoms with Gasteiger partial charge < -0.3 is 26.0 Å². The molecule has 9 nitrogen and oxygen atoms in total. The molecule has 210 valence electrons. The molecule has 1 amide bonds. The number of halogens is 4. The number of hydrogen-bond donors (Lipinski definition) is 4. The van der Waals surface area contributed by atoms with Crippen molar-refractivity contribution >= 4 is 30.1 Å². The Bertz CT molecular complexity index is 1260. The van der Waals surface area contributed by atoms with E-state index in [-0.39, 0.29) is 35.2 Å². The largest absolute Gasteiger partial charge is 0.479 e. The maximum Gasteiger partial charge on any atom is 0.405 e. The normalized spacial score (nSPS) is 16.3. The summed E-state index contributed by atoms with van der Waals surface area (Å²) in [5, 5.41) is 11.1. The molecule has 0 bridgehead atoms. The maximum absolute atomic E-state index is 13.3. The molecule has 39 heavy (non-hydrogen) atoms. The molecular formula is C26H31F4N7O2. The van der Waals surface area contributed by atoms with Gasteiger partial charge in [0, 0.05) is 35.8 Å². The number of alkyl halides is 4. The first-order valence-corrected chi connectivity index (χ1v) is 12.4. The topological polar surface area (TPSA) is 113 Å². The summed E-state index contributed by atoms with van der Waals surface area (Å²) in [5.74, 6) is -0.953. The Hall–Kier alpha value is -3.74. The Morgan fingerprint density at radius 3 is 2.74 bits per heavy atom. The Kier molecular flexibility index (Phi) is 8.09. The highest BCUT2D eigenvalue weighted by molar-refractivity contribution is 5.98. The van der Waals surface area contributed by atoms with E-state index in [4.69, 9.17) is 4.74 Å². The highest BCUT2D eigenvalue weighted by atomic mass is 19.4. The lowest BCUT2D eigenvalue weighted by atomic mass is 9.88. The van der Waals surface area contributed by atoms with Crippen LogP contribution in [0.5, 0.6) is 0 Å². The lowest BCUT2D eigenvalue weighted by molar-refractivity contribution is -0.123. The van der Waals surface area contributed by atoms with Crippen molar-refractivity contribution < 1.29 is 27.1 Å². The average Bonchev–Trinajstić information content (AvgIpc) is 3.66. The number of nitrogens with zero attached hydrogens (tertiary/aromatic N) is 3. The van der Waals surface area contributed by atoms with Crippen molar-refractivity contribution in [1.82, 2.24) is 20.6 Å². The fourth-order valence-corrected chi connectivity index (χ4v) is 4.32. The first-order chi connectivity index (χ1) is 18.5. The predicted octanol–water partition coefficient (Wildman–Crippen LogP) is 4.57. The van der Waals surface area contributed by atoms with Crippen LogP contribution in [-0.2, 0) is 16.7 Å². The highest BCUT2D eigenvalue weighted by Crippen LogP contribution is 2.50. The third-order valence-electron chi connectivity index (χ3n) is 6.76. The first kappa shape index (κ1) is 28.3. The van der Waals surface area contributed by atoms with Crippen LogP contribution in [0.4, 0.5) is 35.0 Å². The van der Waals surface area contributed by atoms with Crippen LogP contribution in [-0.4, -0.2) is 55.3 Å². The molecule has 4 rings (SSSR count). The molecule has 4 N–H and O–H groups in total. The van der Waals surface area contributed by atoms with E-state index in [0.29, 0.717) is 0 Å². The number of nitrogens with one attached hydrogen (secondary N) is 4. The minimum Gasteiger partial charge on any atom is -0.479 e. The van der Waals surface area contributed by atoms with Gasteiger partial charge in [0.15, 0.2) is 6.73 Å². The predicted molar refractivity (Wildman–Crippen MR) is 140 cm³/mol. The third kappa shape index (κ3) is 6.83. The second-order valence-corrected chi connectivity index (χ2v) is 10.3. The van der Waals surface area contributed by atoms with Gasteiger partial charge in [0.25, 0.3) is 5.91 Å². The molecule has 1 spiro atoms. The zero-order valence-electron chi connectivity index (χ0n) is 21.7. The molecule has 1 fully saturated rings. The van der Waals surface area contributed by atoms with Crippen molar-refractivity contribution in [1.29, 1.82) is 0 Å². The molecule has 0 saturated heterocycles. The Morgan fingerprint density at radius 2 is 2.08 bits per heavy atom. The zero-order chi connectivity index (χ0) is 28.3. The Balaban J connectivity index is 1.52. The summed E-state index contributed by atoms with van der Waals surface area (Å²) in [6, 6.07) is 6.02. The minimum absolute atomic E-state index is 0.0602. The molecule has 0 atom stereocenters. The van der Waals surface area contributed by atoms with E-state index in [0.717, 1.165) is 37.8 Å². The second kappa shape index (κ2) is 11.2. The molecule has 1 aliphatic carbocycles. The van der Waals surface area contributed by atoms with Gasteiger partial charge in [-0.1, -0.05) is 19.9 Å². The maximum atomic E-state index is 13.3. The van der Waals surface area contributed by atoms with E-state index < -0.39 is 30.7 Å². The number of amides is 1. The van der Waals surface area contributed by atoms with Gasteiger partial charge in [-0.05, 0) is 42.8 Å². The molecule has 0 radical (unpaired) electrons. The summed E-state index contributed by atoms with van der Waals surface area (Å²) in [5.41, 5.74) is 2.57. The second-order valence-electron chi connectivity index (χ2n) is 10.3. The highest BCUT2D eigenvalue weighted by Gasteiger charge is 2.46. The van der Waals surface area contributed by atoms with Crippen LogP contribution in [0.15, 0.2) is 41.3 Å². The molecule has 1 aromatic heterocycles. The third-order valence-corrected chi connectivity index (χ3v) is 6.76. The standard InChI is InChI=1S/C26H31F4N7O2/c1-24(2,12-27)20(31-3)11-39-15-35-21-18(22(38)34-14-26(28,29)30)10-33-23(37-21)36-17-4-5-19-16(8-17)9-32-13-25(19)6-7-25/h4-5,8,10-11,32H,3,6-7,9,12-15H2,1-2H3,(H,34,38)(H2,33,35,36,37)/b20-11-. The molecule has 1 aliphatic heterocycles. The van der Waals surface area contributed by atoms with E-state index >= 15 is 0 Å². The van der Waals surface area contributed by atoms with Crippen LogP contribution in [0.2, 0.25) is 0 Å². The van der Waals surface area contributed by atoms with Gasteiger partial charge in [0.05, 0.1) is 5.70 Å². The van der Waals surface area contributed by atoms with Gasteiger partial charge in [-0.25, -0.2) is 4.98 Å². The average molecular weight is 550 g/mol. The number of ether oxygens (including phenoxy) is 1. The SMILES string of the molecule is C=N/C(=C\OCNc1nc(Nc2ccc3c(c2)CNCC32CC2)ncc1C(=O)NCC(F)(F)F)C(C)(C)CF. The number of rotatable bonds is 11. The van der Waals surface area contributed by atoms with Gasteiger partial charge in [0.1, 0.15) is 30.9 Å². The number of allylic oxidation sites excluding steroid dienone is 1. The van der Waals surface area contributed by atoms with Gasteiger partial charge in [-0.2, -0.15) is 18.2 Å². The molecular weight excluding hydrogens is 518 g/mol. The van der Waals surface area contributed by atoms with Gasteiger partial charge in [-0.15, -0.1) is 0 Å². The van der Waals surface area contributed by atoms with Crippen LogP contribution in [0.3, 0.4) is 0 Å². The summed E-state index contributed by atoms with van der Waals surface area (Å²) in [6.07, 6.45) is 0.0704. The van der Waals surface area contributed by atoms with E-state index in [2.05, 4.69) is 43.7 Å². The van der Waals surface area contributed by atoms with Crippen molar-refractivity contribution in [2.24, 2.45) is 10.4 Å². The molecule has 13 heteroatoms. The molecule has 2 aliphatic rings. The lowest BCUT2D eigenvalue weighted by Gasteiger charge is -2.26. The number of anilines is 3. The van der Waals surface area contributed by atoms with Crippen molar-refractivity contribution in [3.63, 3.8) is 0 Å². The van der Waals surface area contributed by atoms with Crippen LogP contribution in [0.25, 0.3) is 0 Å².